The van der Waals surface area contributed by atoms with Gasteiger partial charge in [-0.3, -0.25) is 24.9 Å². The summed E-state index contributed by atoms with van der Waals surface area (Å²) in [6.45, 7) is 0. The van der Waals surface area contributed by atoms with Crippen LogP contribution in [0, 0.1) is 10.1 Å². The van der Waals surface area contributed by atoms with Gasteiger partial charge in [0.05, 0.1) is 10.6 Å². The zero-order valence-corrected chi connectivity index (χ0v) is 14.0. The molecule has 0 aliphatic heterocycles. The largest absolute Gasteiger partial charge is 0.357 e. The van der Waals surface area contributed by atoms with E-state index in [0.29, 0.717) is 0 Å². The number of nitrogens with zero attached hydrogens (tertiary/aromatic N) is 2. The molecule has 0 aliphatic rings. The number of H-pyrrole nitrogens is 2. The fourth-order valence-corrected chi connectivity index (χ4v) is 2.34. The molecule has 8 nitrogen and oxygen atoms in total. The fourth-order valence-electron chi connectivity index (χ4n) is 2.34. The van der Waals surface area contributed by atoms with Crippen molar-refractivity contribution in [1.29, 1.82) is 0 Å². The number of aliphatic imine (C=N–C) groups is 1. The minimum Gasteiger partial charge on any atom is -0.301 e. The number of benzene rings is 2. The molecule has 0 bridgehead atoms. The highest BCUT2D eigenvalue weighted by atomic mass is 16.6. The van der Waals surface area contributed by atoms with Crippen LogP contribution in [-0.2, 0) is 0 Å². The van der Waals surface area contributed by atoms with E-state index in [4.69, 9.17) is 0 Å². The summed E-state index contributed by atoms with van der Waals surface area (Å²) in [6.07, 6.45) is 4.61. The van der Waals surface area contributed by atoms with Gasteiger partial charge >= 0.3 is 16.9 Å². The van der Waals surface area contributed by atoms with Gasteiger partial charge in [-0.1, -0.05) is 48.5 Å². The van der Waals surface area contributed by atoms with E-state index in [-0.39, 0.29) is 5.69 Å². The Morgan fingerprint density at radius 1 is 0.889 bits per heavy atom. The number of nitrogens with one attached hydrogen (secondary N) is 2. The second-order valence-electron chi connectivity index (χ2n) is 5.52. The predicted octanol–water partition coefficient (Wildman–Crippen LogP) is 2.89. The zero-order chi connectivity index (χ0) is 19.2. The van der Waals surface area contributed by atoms with Gasteiger partial charge in [0.1, 0.15) is 5.69 Å². The molecular weight excluding hydrogens is 348 g/mol. The van der Waals surface area contributed by atoms with Crippen LogP contribution in [0.15, 0.2) is 69.2 Å². The highest BCUT2D eigenvalue weighted by Gasteiger charge is 2.18. The van der Waals surface area contributed by atoms with Crippen molar-refractivity contribution in [3.63, 3.8) is 0 Å². The molecule has 0 spiro atoms. The summed E-state index contributed by atoms with van der Waals surface area (Å²) in [4.78, 5) is 41.6. The molecule has 8 heteroatoms. The van der Waals surface area contributed by atoms with Crippen molar-refractivity contribution < 1.29 is 4.92 Å². The summed E-state index contributed by atoms with van der Waals surface area (Å²) in [5.41, 5.74) is -0.268. The van der Waals surface area contributed by atoms with Gasteiger partial charge in [-0.2, -0.15) is 0 Å². The van der Waals surface area contributed by atoms with E-state index in [1.807, 2.05) is 47.4 Å². The number of aromatic amines is 2. The molecule has 0 aliphatic carbocycles. The summed E-state index contributed by atoms with van der Waals surface area (Å²) in [6, 6.07) is 16.8. The first-order valence-electron chi connectivity index (χ1n) is 7.91. The van der Waals surface area contributed by atoms with Crippen LogP contribution in [0.5, 0.6) is 0 Å². The Morgan fingerprint density at radius 2 is 1.56 bits per heavy atom. The lowest BCUT2D eigenvalue weighted by Gasteiger charge is -1.98. The van der Waals surface area contributed by atoms with Crippen LogP contribution in [0.25, 0.3) is 12.2 Å². The Labute approximate surface area is 152 Å². The summed E-state index contributed by atoms with van der Waals surface area (Å²) < 4.78 is 0. The van der Waals surface area contributed by atoms with Crippen LogP contribution in [-0.4, -0.2) is 21.1 Å². The zero-order valence-electron chi connectivity index (χ0n) is 14.0. The minimum absolute atomic E-state index is 0.163. The van der Waals surface area contributed by atoms with Crippen LogP contribution in [0.2, 0.25) is 0 Å². The molecule has 3 aromatic rings. The first-order chi connectivity index (χ1) is 13.0. The normalized spacial score (nSPS) is 11.3. The first kappa shape index (κ1) is 17.7. The van der Waals surface area contributed by atoms with Crippen LogP contribution in [0.3, 0.4) is 0 Å². The van der Waals surface area contributed by atoms with Gasteiger partial charge < -0.3 is 4.98 Å². The van der Waals surface area contributed by atoms with Gasteiger partial charge in [0, 0.05) is 6.21 Å². The third-order valence-corrected chi connectivity index (χ3v) is 3.63. The van der Waals surface area contributed by atoms with E-state index < -0.39 is 21.9 Å². The molecule has 0 atom stereocenters. The number of nitro groups is 1. The van der Waals surface area contributed by atoms with E-state index in [2.05, 4.69) is 9.98 Å². The van der Waals surface area contributed by atoms with Crippen molar-refractivity contribution in [2.75, 3.05) is 0 Å². The number of hydrogen-bond donors (Lipinski definition) is 2. The van der Waals surface area contributed by atoms with Crippen molar-refractivity contribution in [3.05, 3.63) is 102 Å². The monoisotopic (exact) mass is 362 g/mol. The molecule has 0 amide bonds. The Kier molecular flexibility index (Phi) is 5.17. The fraction of sp³-hybridized carbons (Fsp3) is 0. The molecular formula is C19H14N4O4. The highest BCUT2D eigenvalue weighted by molar-refractivity contribution is 5.82. The number of hydrogen-bond acceptors (Lipinski definition) is 5. The lowest BCUT2D eigenvalue weighted by molar-refractivity contribution is -0.386. The van der Waals surface area contributed by atoms with E-state index in [1.165, 1.54) is 6.08 Å². The maximum Gasteiger partial charge on any atom is 0.357 e. The number of para-hydroxylation sites is 1. The molecule has 0 fully saturated rings. The third kappa shape index (κ3) is 4.51. The molecule has 0 unspecified atom stereocenters. The molecule has 1 heterocycles. The predicted molar refractivity (Wildman–Crippen MR) is 103 cm³/mol. The van der Waals surface area contributed by atoms with Crippen molar-refractivity contribution in [2.24, 2.45) is 4.99 Å². The van der Waals surface area contributed by atoms with Crippen molar-refractivity contribution in [3.8, 4) is 0 Å². The molecule has 27 heavy (non-hydrogen) atoms. The average molecular weight is 362 g/mol. The quantitative estimate of drug-likeness (QED) is 0.412. The number of aromatic nitrogens is 2. The van der Waals surface area contributed by atoms with Gasteiger partial charge in [0.15, 0.2) is 0 Å². The lowest BCUT2D eigenvalue weighted by atomic mass is 10.1. The average Bonchev–Trinajstić information content (AvgIpc) is 2.65. The summed E-state index contributed by atoms with van der Waals surface area (Å²) in [5, 5.41) is 11.0. The van der Waals surface area contributed by atoms with Crippen LogP contribution < -0.4 is 11.2 Å². The molecule has 0 saturated carbocycles. The van der Waals surface area contributed by atoms with E-state index in [0.717, 1.165) is 16.8 Å². The summed E-state index contributed by atoms with van der Waals surface area (Å²) in [5.74, 6) is 0. The highest BCUT2D eigenvalue weighted by Crippen LogP contribution is 2.14. The van der Waals surface area contributed by atoms with Crippen molar-refractivity contribution in [2.45, 2.75) is 0 Å². The SMILES string of the molecule is O=c1[nH]c(/C=C/c2ccc(C=Nc3ccccc3)cc2)c([N+](=O)[O-])c(=O)[nH]1. The van der Waals surface area contributed by atoms with Crippen LogP contribution in [0.1, 0.15) is 16.8 Å². The first-order valence-corrected chi connectivity index (χ1v) is 7.91. The van der Waals surface area contributed by atoms with E-state index in [9.17, 15) is 19.7 Å². The van der Waals surface area contributed by atoms with Crippen molar-refractivity contribution in [1.82, 2.24) is 9.97 Å². The molecule has 134 valence electrons. The second kappa shape index (κ2) is 7.87. The van der Waals surface area contributed by atoms with Gasteiger partial charge in [-0.25, -0.2) is 4.79 Å². The Balaban J connectivity index is 1.81. The van der Waals surface area contributed by atoms with Gasteiger partial charge in [0.2, 0.25) is 0 Å². The van der Waals surface area contributed by atoms with Crippen molar-refractivity contribution >= 4 is 29.7 Å². The summed E-state index contributed by atoms with van der Waals surface area (Å²) >= 11 is 0. The van der Waals surface area contributed by atoms with Gasteiger partial charge in [-0.15, -0.1) is 0 Å². The standard InChI is InChI=1S/C19H14N4O4/c24-18-17(23(26)27)16(21-19(25)22-18)11-10-13-6-8-14(9-7-13)12-20-15-4-2-1-3-5-15/h1-12H,(H2,21,22,24,25)/b11-10+,20-12?. The Bertz CT molecular complexity index is 1130. The second-order valence-corrected chi connectivity index (χ2v) is 5.52. The lowest BCUT2D eigenvalue weighted by Crippen LogP contribution is -2.25. The maximum atomic E-state index is 11.6. The van der Waals surface area contributed by atoms with Crippen LogP contribution >= 0.6 is 0 Å². The molecule has 3 rings (SSSR count). The number of rotatable bonds is 5. The van der Waals surface area contributed by atoms with Gasteiger partial charge in [0.25, 0.3) is 0 Å². The van der Waals surface area contributed by atoms with E-state index >= 15 is 0 Å². The van der Waals surface area contributed by atoms with E-state index in [1.54, 1.807) is 24.4 Å². The third-order valence-electron chi connectivity index (χ3n) is 3.63. The van der Waals surface area contributed by atoms with Gasteiger partial charge in [-0.05, 0) is 29.3 Å². The Hall–Kier alpha value is -4.07. The minimum atomic E-state index is -1.05. The summed E-state index contributed by atoms with van der Waals surface area (Å²) in [7, 11) is 0. The smallest absolute Gasteiger partial charge is 0.301 e. The molecule has 2 N–H and O–H groups in total. The molecule has 0 radical (unpaired) electrons. The maximum absolute atomic E-state index is 11.6. The molecule has 1 aromatic heterocycles. The molecule has 0 saturated heterocycles. The topological polar surface area (TPSA) is 121 Å². The Morgan fingerprint density at radius 3 is 2.22 bits per heavy atom. The molecule has 2 aromatic carbocycles. The van der Waals surface area contributed by atoms with Crippen LogP contribution in [0.4, 0.5) is 11.4 Å².